The predicted molar refractivity (Wildman–Crippen MR) is 154 cm³/mol. The van der Waals surface area contributed by atoms with E-state index >= 15 is 4.39 Å². The van der Waals surface area contributed by atoms with Crippen LogP contribution in [0.2, 0.25) is 0 Å². The summed E-state index contributed by atoms with van der Waals surface area (Å²) in [5.41, 5.74) is 1.11. The molecule has 0 aromatic carbocycles. The van der Waals surface area contributed by atoms with Crippen LogP contribution in [0.4, 0.5) is 15.3 Å². The fraction of sp³-hybridized carbons (Fsp3) is 0.500. The molecule has 0 spiro atoms. The summed E-state index contributed by atoms with van der Waals surface area (Å²) in [6, 6.07) is 5.11. The fourth-order valence-corrected chi connectivity index (χ4v) is 6.75. The minimum atomic E-state index is -1.03. The molecule has 6 rings (SSSR count). The Morgan fingerprint density at radius 1 is 1.24 bits per heavy atom. The fourth-order valence-electron chi connectivity index (χ4n) is 5.86. The molecule has 42 heavy (non-hydrogen) atoms. The number of carboxylic acids is 1. The number of thiazole rings is 1. The van der Waals surface area contributed by atoms with E-state index in [4.69, 9.17) is 9.15 Å². The van der Waals surface area contributed by atoms with Crippen molar-refractivity contribution in [2.24, 2.45) is 11.8 Å². The molecule has 0 unspecified atom stereocenters. The maximum Gasteiger partial charge on any atom is 0.304 e. The Morgan fingerprint density at radius 2 is 2.02 bits per heavy atom. The second-order valence-corrected chi connectivity index (χ2v) is 12.2. The molecule has 10 nitrogen and oxygen atoms in total. The molecule has 1 N–H and O–H groups in total. The van der Waals surface area contributed by atoms with E-state index < -0.39 is 17.0 Å². The Hall–Kier alpha value is -3.64. The predicted octanol–water partition coefficient (Wildman–Crippen LogP) is 5.44. The van der Waals surface area contributed by atoms with Crippen molar-refractivity contribution in [2.75, 3.05) is 29.6 Å². The third kappa shape index (κ3) is 5.96. The quantitative estimate of drug-likeness (QED) is 0.328. The van der Waals surface area contributed by atoms with E-state index in [1.807, 2.05) is 0 Å². The van der Waals surface area contributed by atoms with E-state index in [2.05, 4.69) is 9.97 Å². The Morgan fingerprint density at radius 3 is 2.67 bits per heavy atom. The smallest absolute Gasteiger partial charge is 0.304 e. The van der Waals surface area contributed by atoms with Crippen LogP contribution in [0, 0.1) is 23.9 Å². The maximum absolute atomic E-state index is 15.6. The molecule has 5 heterocycles. The summed E-state index contributed by atoms with van der Waals surface area (Å²) in [4.78, 5) is 50.0. The summed E-state index contributed by atoms with van der Waals surface area (Å²) < 4.78 is 27.0. The lowest BCUT2D eigenvalue weighted by Crippen LogP contribution is -2.40. The SMILES string of the molecule is Cc1cc(-c2nc(N(C(=O)[C@@H](CC(=O)O)CC3CCOCC3)C3CC3)sc2F)c(-c2ccc(N3CCCC3=O)nc2)o1. The van der Waals surface area contributed by atoms with E-state index in [-0.39, 0.29) is 41.0 Å². The molecule has 12 heteroatoms. The minimum absolute atomic E-state index is 0.0370. The van der Waals surface area contributed by atoms with Gasteiger partial charge in [-0.1, -0.05) is 11.3 Å². The van der Waals surface area contributed by atoms with Crippen LogP contribution in [0.25, 0.3) is 22.6 Å². The van der Waals surface area contributed by atoms with Crippen molar-refractivity contribution in [1.82, 2.24) is 9.97 Å². The van der Waals surface area contributed by atoms with Crippen LogP contribution < -0.4 is 9.80 Å². The van der Waals surface area contributed by atoms with Gasteiger partial charge in [-0.2, -0.15) is 4.39 Å². The van der Waals surface area contributed by atoms with Gasteiger partial charge >= 0.3 is 5.97 Å². The highest BCUT2D eigenvalue weighted by atomic mass is 32.1. The van der Waals surface area contributed by atoms with Gasteiger partial charge in [0.2, 0.25) is 16.9 Å². The summed E-state index contributed by atoms with van der Waals surface area (Å²) in [6.07, 6.45) is 6.16. The van der Waals surface area contributed by atoms with Gasteiger partial charge in [-0.3, -0.25) is 24.2 Å². The second-order valence-electron chi connectivity index (χ2n) is 11.3. The number of carbonyl (C=O) groups is 3. The van der Waals surface area contributed by atoms with Gasteiger partial charge in [0.1, 0.15) is 23.0 Å². The Bertz CT molecular complexity index is 1480. The van der Waals surface area contributed by atoms with Crippen LogP contribution in [-0.4, -0.2) is 58.7 Å². The van der Waals surface area contributed by atoms with Crippen LogP contribution in [0.5, 0.6) is 0 Å². The molecule has 1 aliphatic carbocycles. The van der Waals surface area contributed by atoms with Crippen LogP contribution in [-0.2, 0) is 19.1 Å². The molecule has 1 atom stereocenters. The van der Waals surface area contributed by atoms with Gasteiger partial charge in [-0.05, 0) is 69.6 Å². The van der Waals surface area contributed by atoms with Gasteiger partial charge in [-0.15, -0.1) is 0 Å². The number of rotatable bonds is 10. The lowest BCUT2D eigenvalue weighted by atomic mass is 9.86. The van der Waals surface area contributed by atoms with Crippen molar-refractivity contribution >= 4 is 40.1 Å². The highest BCUT2D eigenvalue weighted by Crippen LogP contribution is 2.43. The highest BCUT2D eigenvalue weighted by molar-refractivity contribution is 7.14. The number of halogens is 1. The van der Waals surface area contributed by atoms with Gasteiger partial charge in [-0.25, -0.2) is 9.97 Å². The highest BCUT2D eigenvalue weighted by Gasteiger charge is 2.41. The Labute approximate surface area is 246 Å². The standard InChI is InChI=1S/C30H33FN4O6S/c1-17-13-22(27(41-17)19-4-7-23(32-16-19)34-10-2-3-24(34)36)26-28(31)42-30(33-26)35(21-5-6-21)29(39)20(15-25(37)38)14-18-8-11-40-12-9-18/h4,7,13,16,18,20-21H,2-3,5-6,8-12,14-15H2,1H3,(H,37,38)/t20-/m1/s1. The molecule has 2 amide bonds. The molecule has 3 aromatic heterocycles. The van der Waals surface area contributed by atoms with Crippen molar-refractivity contribution in [3.63, 3.8) is 0 Å². The van der Waals surface area contributed by atoms with Gasteiger partial charge in [0.25, 0.3) is 0 Å². The third-order valence-electron chi connectivity index (χ3n) is 8.13. The van der Waals surface area contributed by atoms with Gasteiger partial charge < -0.3 is 14.3 Å². The van der Waals surface area contributed by atoms with Crippen molar-refractivity contribution in [1.29, 1.82) is 0 Å². The molecule has 2 aliphatic heterocycles. The number of ether oxygens (including phenoxy) is 1. The van der Waals surface area contributed by atoms with Crippen LogP contribution >= 0.6 is 11.3 Å². The molecule has 2 saturated heterocycles. The summed E-state index contributed by atoms with van der Waals surface area (Å²) in [7, 11) is 0. The van der Waals surface area contributed by atoms with E-state index in [0.29, 0.717) is 61.1 Å². The maximum atomic E-state index is 15.6. The summed E-state index contributed by atoms with van der Waals surface area (Å²) in [5.74, 6) is -0.319. The lowest BCUT2D eigenvalue weighted by molar-refractivity contribution is -0.141. The molecular weight excluding hydrogens is 563 g/mol. The van der Waals surface area contributed by atoms with Gasteiger partial charge in [0.05, 0.1) is 12.0 Å². The Kier molecular flexibility index (Phi) is 8.09. The number of amides is 2. The molecule has 3 aliphatic rings. The van der Waals surface area contributed by atoms with Crippen molar-refractivity contribution in [3.05, 3.63) is 35.3 Å². The van der Waals surface area contributed by atoms with Crippen molar-refractivity contribution in [2.45, 2.75) is 64.3 Å². The van der Waals surface area contributed by atoms with Crippen molar-refractivity contribution < 1.29 is 33.0 Å². The third-order valence-corrected chi connectivity index (χ3v) is 8.97. The first kappa shape index (κ1) is 28.5. The number of furan rings is 1. The number of hydrogen-bond acceptors (Lipinski definition) is 8. The van der Waals surface area contributed by atoms with Gasteiger partial charge in [0.15, 0.2) is 5.13 Å². The summed E-state index contributed by atoms with van der Waals surface area (Å²) in [5, 5.41) is 9.26. The van der Waals surface area contributed by atoms with E-state index in [9.17, 15) is 19.5 Å². The lowest BCUT2D eigenvalue weighted by Gasteiger charge is -2.29. The zero-order chi connectivity index (χ0) is 29.4. The average Bonchev–Trinajstić information content (AvgIpc) is 3.40. The van der Waals surface area contributed by atoms with Crippen molar-refractivity contribution in [3.8, 4) is 22.6 Å². The second kappa shape index (κ2) is 11.9. The normalized spacial score (nSPS) is 18.4. The van der Waals surface area contributed by atoms with Crippen LogP contribution in [0.1, 0.15) is 57.1 Å². The topological polar surface area (TPSA) is 126 Å². The number of anilines is 2. The number of pyridine rings is 1. The zero-order valence-corrected chi connectivity index (χ0v) is 24.2. The van der Waals surface area contributed by atoms with E-state index in [0.717, 1.165) is 43.4 Å². The molecule has 0 radical (unpaired) electrons. The Balaban J connectivity index is 1.29. The largest absolute Gasteiger partial charge is 0.481 e. The number of hydrogen-bond donors (Lipinski definition) is 1. The molecule has 0 bridgehead atoms. The molecular formula is C30H33FN4O6S. The monoisotopic (exact) mass is 596 g/mol. The molecule has 1 saturated carbocycles. The first-order chi connectivity index (χ1) is 20.3. The van der Waals surface area contributed by atoms with Crippen LogP contribution in [0.15, 0.2) is 28.8 Å². The number of carbonyl (C=O) groups excluding carboxylic acids is 2. The van der Waals surface area contributed by atoms with Crippen LogP contribution in [0.3, 0.4) is 0 Å². The first-order valence-electron chi connectivity index (χ1n) is 14.4. The number of aromatic nitrogens is 2. The average molecular weight is 597 g/mol. The van der Waals surface area contributed by atoms with E-state index in [1.165, 1.54) is 4.90 Å². The number of nitrogens with zero attached hydrogens (tertiary/aromatic N) is 4. The van der Waals surface area contributed by atoms with E-state index in [1.54, 1.807) is 36.2 Å². The first-order valence-corrected chi connectivity index (χ1v) is 15.3. The molecule has 222 valence electrons. The molecule has 3 aromatic rings. The summed E-state index contributed by atoms with van der Waals surface area (Å²) >= 11 is 0.787. The number of aliphatic carboxylic acids is 1. The number of carboxylic acid groups (broad SMARTS) is 1. The minimum Gasteiger partial charge on any atom is -0.481 e. The van der Waals surface area contributed by atoms with Gasteiger partial charge in [0, 0.05) is 49.9 Å². The summed E-state index contributed by atoms with van der Waals surface area (Å²) in [6.45, 7) is 3.59. The zero-order valence-electron chi connectivity index (χ0n) is 23.4. The molecule has 3 fully saturated rings. The number of aryl methyl sites for hydroxylation is 1.